The van der Waals surface area contributed by atoms with Crippen LogP contribution in [0.25, 0.3) is 11.5 Å². The Labute approximate surface area is 114 Å². The molecule has 2 aromatic heterocycles. The van der Waals surface area contributed by atoms with Gasteiger partial charge in [-0.1, -0.05) is 0 Å². The molecule has 8 heteroatoms. The summed E-state index contributed by atoms with van der Waals surface area (Å²) in [6, 6.07) is 4.40. The van der Waals surface area contributed by atoms with E-state index in [1.807, 2.05) is 0 Å². The Morgan fingerprint density at radius 1 is 1.50 bits per heavy atom. The lowest BCUT2D eigenvalue weighted by Crippen LogP contribution is -2.14. The predicted molar refractivity (Wildman–Crippen MR) is 69.2 cm³/mol. The van der Waals surface area contributed by atoms with Crippen molar-refractivity contribution >= 4 is 15.8 Å². The van der Waals surface area contributed by atoms with Crippen molar-refractivity contribution in [3.63, 3.8) is 0 Å². The third-order valence-electron chi connectivity index (χ3n) is 3.28. The molecular formula is C12H12N2O5S. The van der Waals surface area contributed by atoms with Gasteiger partial charge < -0.3 is 9.52 Å². The second-order valence-electron chi connectivity index (χ2n) is 4.70. The van der Waals surface area contributed by atoms with Gasteiger partial charge in [-0.25, -0.2) is 13.2 Å². The van der Waals surface area contributed by atoms with Crippen molar-refractivity contribution in [3.8, 4) is 11.5 Å². The van der Waals surface area contributed by atoms with Crippen molar-refractivity contribution < 1.29 is 22.7 Å². The van der Waals surface area contributed by atoms with E-state index in [2.05, 4.69) is 5.10 Å². The van der Waals surface area contributed by atoms with Gasteiger partial charge in [0.15, 0.2) is 21.3 Å². The minimum atomic E-state index is -3.08. The number of sulfone groups is 1. The lowest BCUT2D eigenvalue weighted by Gasteiger charge is -2.11. The summed E-state index contributed by atoms with van der Waals surface area (Å²) in [7, 11) is -3.08. The van der Waals surface area contributed by atoms with Crippen LogP contribution in [0.1, 0.15) is 23.0 Å². The number of hydrogen-bond donors (Lipinski definition) is 1. The number of carboxylic acids is 1. The molecule has 2 aromatic rings. The summed E-state index contributed by atoms with van der Waals surface area (Å²) in [5.41, 5.74) is 0.357. The Morgan fingerprint density at radius 3 is 2.85 bits per heavy atom. The first-order chi connectivity index (χ1) is 9.46. The topological polar surface area (TPSA) is 102 Å². The predicted octanol–water partition coefficient (Wildman–Crippen LogP) is 1.20. The van der Waals surface area contributed by atoms with E-state index in [4.69, 9.17) is 9.52 Å². The molecule has 1 aliphatic rings. The third-order valence-corrected chi connectivity index (χ3v) is 5.03. The molecule has 0 bridgehead atoms. The molecular weight excluding hydrogens is 284 g/mol. The van der Waals surface area contributed by atoms with Crippen LogP contribution in [0.15, 0.2) is 28.9 Å². The Bertz CT molecular complexity index is 745. The van der Waals surface area contributed by atoms with E-state index in [0.717, 1.165) is 0 Å². The van der Waals surface area contributed by atoms with Gasteiger partial charge >= 0.3 is 5.97 Å². The van der Waals surface area contributed by atoms with E-state index in [0.29, 0.717) is 17.9 Å². The fraction of sp³-hybridized carbons (Fsp3) is 0.333. The van der Waals surface area contributed by atoms with Gasteiger partial charge in [-0.15, -0.1) is 0 Å². The van der Waals surface area contributed by atoms with Crippen molar-refractivity contribution in [3.05, 3.63) is 30.2 Å². The summed E-state index contributed by atoms with van der Waals surface area (Å²) < 4.78 is 29.9. The van der Waals surface area contributed by atoms with E-state index >= 15 is 0 Å². The number of rotatable bonds is 3. The van der Waals surface area contributed by atoms with E-state index in [1.54, 1.807) is 12.1 Å². The van der Waals surface area contributed by atoms with Crippen LogP contribution in [-0.2, 0) is 9.84 Å². The van der Waals surface area contributed by atoms with Gasteiger partial charge in [0, 0.05) is 6.07 Å². The van der Waals surface area contributed by atoms with Crippen LogP contribution in [0.5, 0.6) is 0 Å². The van der Waals surface area contributed by atoms with Gasteiger partial charge in [0.05, 0.1) is 23.8 Å². The van der Waals surface area contributed by atoms with Crippen molar-refractivity contribution in [2.45, 2.75) is 12.5 Å². The summed E-state index contributed by atoms with van der Waals surface area (Å²) in [6.07, 6.45) is 1.90. The van der Waals surface area contributed by atoms with Crippen molar-refractivity contribution in [2.75, 3.05) is 11.5 Å². The van der Waals surface area contributed by atoms with Crippen molar-refractivity contribution in [2.24, 2.45) is 0 Å². The number of carbonyl (C=O) groups is 1. The minimum absolute atomic E-state index is 0.0263. The highest BCUT2D eigenvalue weighted by molar-refractivity contribution is 7.91. The normalized spacial score (nSPS) is 21.1. The van der Waals surface area contributed by atoms with E-state index in [-0.39, 0.29) is 23.2 Å². The zero-order valence-corrected chi connectivity index (χ0v) is 11.2. The first-order valence-corrected chi connectivity index (χ1v) is 7.85. The molecule has 1 fully saturated rings. The van der Waals surface area contributed by atoms with Crippen molar-refractivity contribution in [1.29, 1.82) is 0 Å². The number of carboxylic acid groups (broad SMARTS) is 1. The number of aromatic carboxylic acids is 1. The third kappa shape index (κ3) is 2.22. The summed E-state index contributed by atoms with van der Waals surface area (Å²) >= 11 is 0. The molecule has 3 heterocycles. The van der Waals surface area contributed by atoms with E-state index < -0.39 is 15.8 Å². The first-order valence-electron chi connectivity index (χ1n) is 6.03. The number of nitrogens with zero attached hydrogens (tertiary/aromatic N) is 2. The van der Waals surface area contributed by atoms with Crippen LogP contribution in [0.4, 0.5) is 0 Å². The van der Waals surface area contributed by atoms with E-state index in [9.17, 15) is 13.2 Å². The summed E-state index contributed by atoms with van der Waals surface area (Å²) in [5, 5.41) is 13.0. The SMILES string of the molecule is O=C(O)c1cc(-c2ccco2)n(C2CCS(=O)(=O)C2)n1. The molecule has 0 aromatic carbocycles. The minimum Gasteiger partial charge on any atom is -0.476 e. The quantitative estimate of drug-likeness (QED) is 0.913. The van der Waals surface area contributed by atoms with Gasteiger partial charge in [0.1, 0.15) is 5.69 Å². The molecule has 106 valence electrons. The van der Waals surface area contributed by atoms with Crippen LogP contribution in [0, 0.1) is 0 Å². The smallest absolute Gasteiger partial charge is 0.356 e. The molecule has 0 saturated carbocycles. The average Bonchev–Trinajstić information content (AvgIpc) is 3.04. The highest BCUT2D eigenvalue weighted by Gasteiger charge is 2.32. The largest absolute Gasteiger partial charge is 0.476 e. The molecule has 1 saturated heterocycles. The van der Waals surface area contributed by atoms with Gasteiger partial charge in [-0.05, 0) is 18.6 Å². The number of aromatic nitrogens is 2. The molecule has 1 unspecified atom stereocenters. The van der Waals surface area contributed by atoms with Gasteiger partial charge in [0.2, 0.25) is 0 Å². The highest BCUT2D eigenvalue weighted by Crippen LogP contribution is 2.30. The average molecular weight is 296 g/mol. The zero-order valence-electron chi connectivity index (χ0n) is 10.4. The molecule has 0 aliphatic carbocycles. The number of furan rings is 1. The standard InChI is InChI=1S/C12H12N2O5S/c15-12(16)9-6-10(11-2-1-4-19-11)14(13-9)8-3-5-20(17,18)7-8/h1-2,4,6,8H,3,5,7H2,(H,15,16). The molecule has 1 N–H and O–H groups in total. The molecule has 1 atom stereocenters. The summed E-state index contributed by atoms with van der Waals surface area (Å²) in [5.74, 6) is -0.620. The second kappa shape index (κ2) is 4.48. The first kappa shape index (κ1) is 12.9. The Hall–Kier alpha value is -2.09. The van der Waals surface area contributed by atoms with Crippen LogP contribution in [-0.4, -0.2) is 40.8 Å². The molecule has 1 aliphatic heterocycles. The second-order valence-corrected chi connectivity index (χ2v) is 6.93. The maximum Gasteiger partial charge on any atom is 0.356 e. The van der Waals surface area contributed by atoms with Crippen LogP contribution >= 0.6 is 0 Å². The summed E-state index contributed by atoms with van der Waals surface area (Å²) in [6.45, 7) is 0. The monoisotopic (exact) mass is 296 g/mol. The zero-order chi connectivity index (χ0) is 14.3. The van der Waals surface area contributed by atoms with E-state index in [1.165, 1.54) is 17.0 Å². The lowest BCUT2D eigenvalue weighted by molar-refractivity contribution is 0.0689. The maximum absolute atomic E-state index is 11.6. The highest BCUT2D eigenvalue weighted by atomic mass is 32.2. The molecule has 0 amide bonds. The summed E-state index contributed by atoms with van der Waals surface area (Å²) in [4.78, 5) is 11.1. The molecule has 20 heavy (non-hydrogen) atoms. The fourth-order valence-electron chi connectivity index (χ4n) is 2.35. The van der Waals surface area contributed by atoms with Crippen LogP contribution in [0.2, 0.25) is 0 Å². The van der Waals surface area contributed by atoms with Crippen LogP contribution < -0.4 is 0 Å². The molecule has 0 radical (unpaired) electrons. The van der Waals surface area contributed by atoms with Crippen LogP contribution in [0.3, 0.4) is 0 Å². The van der Waals surface area contributed by atoms with Gasteiger partial charge in [-0.3, -0.25) is 4.68 Å². The number of hydrogen-bond acceptors (Lipinski definition) is 5. The lowest BCUT2D eigenvalue weighted by atomic mass is 10.2. The van der Waals surface area contributed by atoms with Gasteiger partial charge in [0.25, 0.3) is 0 Å². The molecule has 0 spiro atoms. The van der Waals surface area contributed by atoms with Crippen molar-refractivity contribution in [1.82, 2.24) is 9.78 Å². The Balaban J connectivity index is 2.07. The fourth-order valence-corrected chi connectivity index (χ4v) is 4.05. The maximum atomic E-state index is 11.6. The van der Waals surface area contributed by atoms with Gasteiger partial charge in [-0.2, -0.15) is 5.10 Å². The molecule has 7 nitrogen and oxygen atoms in total. The Kier molecular flexibility index (Phi) is 2.89. The molecule has 3 rings (SSSR count). The Morgan fingerprint density at radius 2 is 2.30 bits per heavy atom.